The number of carbonyl (C=O) groups excluding carboxylic acids is 3. The van der Waals surface area contributed by atoms with Gasteiger partial charge in [-0.15, -0.1) is 0 Å². The second-order valence-electron chi connectivity index (χ2n) is 8.70. The Kier molecular flexibility index (Phi) is 8.68. The van der Waals surface area contributed by atoms with Crippen molar-refractivity contribution in [3.8, 4) is 11.8 Å². The number of rotatable bonds is 8. The Hall–Kier alpha value is -4.98. The van der Waals surface area contributed by atoms with Crippen molar-refractivity contribution >= 4 is 29.9 Å². The van der Waals surface area contributed by atoms with Crippen LogP contribution in [0, 0.1) is 11.3 Å². The van der Waals surface area contributed by atoms with Crippen molar-refractivity contribution in [1.82, 2.24) is 14.9 Å². The number of allylic oxidation sites excluding steroid dienone is 2. The van der Waals surface area contributed by atoms with Gasteiger partial charge in [0.2, 0.25) is 0 Å². The van der Waals surface area contributed by atoms with Gasteiger partial charge in [0.15, 0.2) is 12.2 Å². The van der Waals surface area contributed by atoms with Crippen molar-refractivity contribution in [2.45, 2.75) is 32.4 Å². The molecule has 0 saturated carbocycles. The third-order valence-electron chi connectivity index (χ3n) is 5.91. The van der Waals surface area contributed by atoms with Gasteiger partial charge < -0.3 is 19.1 Å². The summed E-state index contributed by atoms with van der Waals surface area (Å²) in [5.41, 5.74) is 1.69. The van der Waals surface area contributed by atoms with Gasteiger partial charge in [-0.2, -0.15) is 5.26 Å². The molecular weight excluding hydrogens is 504 g/mol. The molecule has 1 N–H and O–H groups in total. The van der Waals surface area contributed by atoms with Crippen LogP contribution in [0.1, 0.15) is 40.5 Å². The van der Waals surface area contributed by atoms with Crippen LogP contribution in [0.4, 0.5) is 16.4 Å². The molecule has 0 bridgehead atoms. The van der Waals surface area contributed by atoms with Crippen LogP contribution in [-0.2, 0) is 27.2 Å². The molecule has 2 aromatic rings. The Morgan fingerprint density at radius 2 is 2.21 bits per heavy atom. The van der Waals surface area contributed by atoms with Crippen LogP contribution in [0.3, 0.4) is 0 Å². The zero-order valence-electron chi connectivity index (χ0n) is 21.4. The van der Waals surface area contributed by atoms with Crippen molar-refractivity contribution in [3.05, 3.63) is 71.2 Å². The molecule has 2 amide bonds. The quantitative estimate of drug-likeness (QED) is 0.399. The van der Waals surface area contributed by atoms with Crippen LogP contribution in [0.5, 0.6) is 5.75 Å². The predicted octanol–water partition coefficient (Wildman–Crippen LogP) is 3.09. The van der Waals surface area contributed by atoms with E-state index in [4.69, 9.17) is 14.2 Å². The Morgan fingerprint density at radius 3 is 2.95 bits per heavy atom. The molecule has 0 aliphatic carbocycles. The first-order valence-corrected chi connectivity index (χ1v) is 12.1. The molecule has 12 nitrogen and oxygen atoms in total. The second kappa shape index (κ2) is 12.5. The highest BCUT2D eigenvalue weighted by molar-refractivity contribution is 6.01. The number of fused-ring (bicyclic) bond motifs is 1. The number of aldehydes is 1. The van der Waals surface area contributed by atoms with Crippen LogP contribution in [0.15, 0.2) is 48.8 Å². The molecule has 4 heterocycles. The molecule has 2 aliphatic heterocycles. The molecule has 0 saturated heterocycles. The standard InChI is InChI=1S/C27H26N6O6/c1-18(17-37-2)39-23-11-24(29-13-21(23)12-28)31-27(36)33-8-5-6-19-10-20(22(15-34)30-26(19)33)14-32-7-3-4-9-38-25(32)16-35/h3-4,7,9-11,13,15,18H,5-6,8,14,17H2,1-2H3,(H,29,31,36)/t18-/m1/s1. The zero-order chi connectivity index (χ0) is 27.8. The van der Waals surface area contributed by atoms with Crippen molar-refractivity contribution in [2.75, 3.05) is 30.5 Å². The molecular formula is C27H26N6O6. The number of urea groups is 1. The number of carbonyl (C=O) groups is 2. The number of pyridine rings is 2. The number of nitriles is 1. The van der Waals surface area contributed by atoms with Crippen molar-refractivity contribution in [3.63, 3.8) is 0 Å². The first-order chi connectivity index (χ1) is 19.0. The van der Waals surface area contributed by atoms with Crippen LogP contribution in [0.2, 0.25) is 0 Å². The summed E-state index contributed by atoms with van der Waals surface area (Å²) in [6.45, 7) is 2.63. The van der Waals surface area contributed by atoms with Crippen LogP contribution in [-0.4, -0.2) is 59.5 Å². The summed E-state index contributed by atoms with van der Waals surface area (Å²) >= 11 is 0. The zero-order valence-corrected chi connectivity index (χ0v) is 21.4. The van der Waals surface area contributed by atoms with Gasteiger partial charge in [-0.1, -0.05) is 0 Å². The molecule has 39 heavy (non-hydrogen) atoms. The molecule has 4 rings (SSSR count). The average molecular weight is 531 g/mol. The van der Waals surface area contributed by atoms with E-state index < -0.39 is 6.03 Å². The summed E-state index contributed by atoms with van der Waals surface area (Å²) in [5, 5.41) is 12.1. The van der Waals surface area contributed by atoms with Gasteiger partial charge in [-0.3, -0.25) is 15.0 Å². The maximum atomic E-state index is 13.3. The number of nitrogens with zero attached hydrogens (tertiary/aromatic N) is 5. The monoisotopic (exact) mass is 530 g/mol. The molecule has 0 aromatic carbocycles. The maximum Gasteiger partial charge on any atom is 0.328 e. The minimum atomic E-state index is -0.498. The van der Waals surface area contributed by atoms with E-state index >= 15 is 0 Å². The van der Waals surface area contributed by atoms with Crippen molar-refractivity contribution in [2.24, 2.45) is 0 Å². The number of hydrogen-bond donors (Lipinski definition) is 1. The van der Waals surface area contributed by atoms with Gasteiger partial charge in [-0.05, 0) is 43.5 Å². The number of methoxy groups -OCH3 is 1. The molecule has 200 valence electrons. The topological polar surface area (TPSA) is 147 Å². The summed E-state index contributed by atoms with van der Waals surface area (Å²) in [7, 11) is 1.55. The van der Waals surface area contributed by atoms with Gasteiger partial charge in [0.25, 0.3) is 5.88 Å². The minimum absolute atomic E-state index is 0.0505. The lowest BCUT2D eigenvalue weighted by molar-refractivity contribution is 0.0919. The normalized spacial score (nSPS) is 14.8. The molecule has 0 radical (unpaired) electrons. The highest BCUT2D eigenvalue weighted by atomic mass is 16.5. The second-order valence-corrected chi connectivity index (χ2v) is 8.70. The summed E-state index contributed by atoms with van der Waals surface area (Å²) in [6.07, 6.45) is 9.22. The van der Waals surface area contributed by atoms with Gasteiger partial charge in [0.1, 0.15) is 40.8 Å². The molecule has 2 aromatic heterocycles. The molecule has 0 spiro atoms. The third kappa shape index (κ3) is 6.30. The number of hydrogen-bond acceptors (Lipinski definition) is 10. The fraction of sp³-hybridized carbons (Fsp3) is 0.296. The Balaban J connectivity index is 1.57. The van der Waals surface area contributed by atoms with E-state index in [2.05, 4.69) is 15.3 Å². The van der Waals surface area contributed by atoms with E-state index in [-0.39, 0.29) is 41.4 Å². The van der Waals surface area contributed by atoms with Gasteiger partial charge >= 0.3 is 6.03 Å². The summed E-state index contributed by atoms with van der Waals surface area (Å²) < 4.78 is 16.1. The first-order valence-electron chi connectivity index (χ1n) is 12.1. The number of nitrogens with one attached hydrogen (secondary N) is 1. The third-order valence-corrected chi connectivity index (χ3v) is 5.91. The van der Waals surface area contributed by atoms with Crippen LogP contribution in [0.25, 0.3) is 0 Å². The molecule has 0 unspecified atom stereocenters. The Labute approximate surface area is 224 Å². The molecule has 2 aliphatic rings. The van der Waals surface area contributed by atoms with Gasteiger partial charge in [-0.25, -0.2) is 19.6 Å². The maximum absolute atomic E-state index is 13.3. The van der Waals surface area contributed by atoms with E-state index in [9.17, 15) is 19.6 Å². The number of ether oxygens (including phenoxy) is 3. The number of aromatic nitrogens is 2. The average Bonchev–Trinajstić information content (AvgIpc) is 3.17. The Bertz CT molecular complexity index is 1410. The molecule has 1 atom stereocenters. The summed E-state index contributed by atoms with van der Waals surface area (Å²) in [6, 6.07) is 4.81. The molecule has 0 fully saturated rings. The summed E-state index contributed by atoms with van der Waals surface area (Å²) in [5.74, 6) is 2.51. The highest BCUT2D eigenvalue weighted by Crippen LogP contribution is 2.29. The number of amides is 2. The van der Waals surface area contributed by atoms with Crippen molar-refractivity contribution in [1.29, 1.82) is 5.26 Å². The van der Waals surface area contributed by atoms with Gasteiger partial charge in [0.05, 0.1) is 25.6 Å². The summed E-state index contributed by atoms with van der Waals surface area (Å²) in [4.78, 5) is 48.2. The fourth-order valence-corrected chi connectivity index (χ4v) is 4.16. The first kappa shape index (κ1) is 27.1. The van der Waals surface area contributed by atoms with E-state index in [1.54, 1.807) is 38.3 Å². The van der Waals surface area contributed by atoms with Gasteiger partial charge in [0, 0.05) is 31.5 Å². The highest BCUT2D eigenvalue weighted by Gasteiger charge is 2.27. The van der Waals surface area contributed by atoms with E-state index in [1.165, 1.54) is 28.3 Å². The lowest BCUT2D eigenvalue weighted by Gasteiger charge is -2.29. The lowest BCUT2D eigenvalue weighted by Crippen LogP contribution is -2.40. The van der Waals surface area contributed by atoms with Crippen LogP contribution < -0.4 is 15.0 Å². The predicted molar refractivity (Wildman–Crippen MR) is 139 cm³/mol. The molecule has 12 heteroatoms. The number of anilines is 2. The van der Waals surface area contributed by atoms with E-state index in [0.717, 1.165) is 5.56 Å². The lowest BCUT2D eigenvalue weighted by atomic mass is 10.0. The SMILES string of the molecule is COC[C@@H](C)Oc1cc(NC(=O)N2CCCc3cc(CN4C=CC=COC4=C=O)c(C=O)nc32)ncc1C#N. The van der Waals surface area contributed by atoms with E-state index in [0.29, 0.717) is 43.7 Å². The van der Waals surface area contributed by atoms with E-state index in [1.807, 2.05) is 12.1 Å². The van der Waals surface area contributed by atoms with Crippen LogP contribution >= 0.6 is 0 Å². The minimum Gasteiger partial charge on any atom is -0.487 e. The smallest absolute Gasteiger partial charge is 0.328 e. The fourth-order valence-electron chi connectivity index (χ4n) is 4.16. The number of aryl methyl sites for hydroxylation is 1. The largest absolute Gasteiger partial charge is 0.487 e. The Morgan fingerprint density at radius 1 is 1.36 bits per heavy atom. The van der Waals surface area contributed by atoms with Crippen molar-refractivity contribution < 1.29 is 28.6 Å².